The Morgan fingerprint density at radius 2 is 1.76 bits per heavy atom. The maximum atomic E-state index is 10.5. The van der Waals surface area contributed by atoms with E-state index in [-0.39, 0.29) is 6.04 Å². The van der Waals surface area contributed by atoms with Crippen LogP contribution in [-0.2, 0) is 6.54 Å². The largest absolute Gasteiger partial charge is 0.490 e. The summed E-state index contributed by atoms with van der Waals surface area (Å²) in [6.45, 7) is 7.63. The summed E-state index contributed by atoms with van der Waals surface area (Å²) in [4.78, 5) is 0. The molecule has 0 aromatic heterocycles. The molecule has 2 atom stereocenters. The van der Waals surface area contributed by atoms with E-state index < -0.39 is 6.10 Å². The summed E-state index contributed by atoms with van der Waals surface area (Å²) in [5, 5.41) is 13.1. The standard InChI is InChI=1S/C20H26ClNO3/c1-4-24-18-12-15(11-17(21)20(18)25-5-2)13-22-14(3)19(23)16-9-7-6-8-10-16/h6-12,14,19,22-23H,4-5,13H2,1-3H3/p+1/t14-,19-/m1/s1. The maximum absolute atomic E-state index is 10.5. The van der Waals surface area contributed by atoms with Gasteiger partial charge in [0.2, 0.25) is 0 Å². The molecular formula is C20H27ClNO3+. The van der Waals surface area contributed by atoms with Crippen LogP contribution in [-0.4, -0.2) is 24.4 Å². The number of ether oxygens (including phenoxy) is 2. The Hall–Kier alpha value is -1.75. The lowest BCUT2D eigenvalue weighted by atomic mass is 10.0. The highest BCUT2D eigenvalue weighted by molar-refractivity contribution is 6.32. The summed E-state index contributed by atoms with van der Waals surface area (Å²) in [6, 6.07) is 13.6. The van der Waals surface area contributed by atoms with Crippen molar-refractivity contribution in [3.05, 3.63) is 58.6 Å². The molecule has 0 radical (unpaired) electrons. The fourth-order valence-corrected chi connectivity index (χ4v) is 2.98. The lowest BCUT2D eigenvalue weighted by Crippen LogP contribution is -2.88. The van der Waals surface area contributed by atoms with Gasteiger partial charge in [0.1, 0.15) is 18.7 Å². The van der Waals surface area contributed by atoms with Gasteiger partial charge in [-0.1, -0.05) is 41.9 Å². The number of aliphatic hydroxyl groups excluding tert-OH is 1. The zero-order chi connectivity index (χ0) is 18.2. The van der Waals surface area contributed by atoms with E-state index in [4.69, 9.17) is 21.1 Å². The summed E-state index contributed by atoms with van der Waals surface area (Å²) < 4.78 is 11.3. The number of quaternary nitrogens is 1. The van der Waals surface area contributed by atoms with Crippen LogP contribution in [0.2, 0.25) is 5.02 Å². The molecule has 2 aromatic carbocycles. The third-order valence-electron chi connectivity index (χ3n) is 4.02. The molecule has 0 saturated carbocycles. The van der Waals surface area contributed by atoms with Gasteiger partial charge in [0.15, 0.2) is 11.5 Å². The minimum absolute atomic E-state index is 0.0169. The molecule has 0 unspecified atom stereocenters. The molecule has 0 heterocycles. The fourth-order valence-electron chi connectivity index (χ4n) is 2.69. The quantitative estimate of drug-likeness (QED) is 0.717. The van der Waals surface area contributed by atoms with E-state index in [2.05, 4.69) is 5.32 Å². The van der Waals surface area contributed by atoms with Crippen molar-refractivity contribution in [1.82, 2.24) is 0 Å². The third-order valence-corrected chi connectivity index (χ3v) is 4.30. The average Bonchev–Trinajstić information content (AvgIpc) is 2.63. The molecule has 2 aromatic rings. The minimum atomic E-state index is -0.522. The van der Waals surface area contributed by atoms with Gasteiger partial charge in [-0.3, -0.25) is 0 Å². The Morgan fingerprint density at radius 1 is 1.08 bits per heavy atom. The molecule has 25 heavy (non-hydrogen) atoms. The van der Waals surface area contributed by atoms with Crippen LogP contribution in [0.3, 0.4) is 0 Å². The van der Waals surface area contributed by atoms with Crippen molar-refractivity contribution in [2.24, 2.45) is 0 Å². The van der Waals surface area contributed by atoms with Crippen molar-refractivity contribution in [2.45, 2.75) is 39.5 Å². The molecule has 0 saturated heterocycles. The van der Waals surface area contributed by atoms with Crippen LogP contribution >= 0.6 is 11.6 Å². The van der Waals surface area contributed by atoms with Gasteiger partial charge >= 0.3 is 0 Å². The molecule has 3 N–H and O–H groups in total. The number of hydrogen-bond acceptors (Lipinski definition) is 3. The van der Waals surface area contributed by atoms with E-state index in [0.29, 0.717) is 36.3 Å². The SMILES string of the molecule is CCOc1cc(C[NH2+][C@H](C)[C@@H](O)c2ccccc2)cc(Cl)c1OCC. The predicted molar refractivity (Wildman–Crippen MR) is 100 cm³/mol. The lowest BCUT2D eigenvalue weighted by molar-refractivity contribution is -0.709. The van der Waals surface area contributed by atoms with Crippen molar-refractivity contribution in [3.8, 4) is 11.5 Å². The van der Waals surface area contributed by atoms with Crippen molar-refractivity contribution >= 4 is 11.6 Å². The highest BCUT2D eigenvalue weighted by atomic mass is 35.5. The van der Waals surface area contributed by atoms with Crippen LogP contribution < -0.4 is 14.8 Å². The Kier molecular flexibility index (Phi) is 7.56. The minimum Gasteiger partial charge on any atom is -0.490 e. The van der Waals surface area contributed by atoms with E-state index >= 15 is 0 Å². The highest BCUT2D eigenvalue weighted by Crippen LogP contribution is 2.36. The van der Waals surface area contributed by atoms with Crippen LogP contribution in [0.15, 0.2) is 42.5 Å². The first-order valence-corrected chi connectivity index (χ1v) is 9.08. The van der Waals surface area contributed by atoms with Crippen molar-refractivity contribution in [3.63, 3.8) is 0 Å². The van der Waals surface area contributed by atoms with Gasteiger partial charge in [0.05, 0.1) is 18.2 Å². The van der Waals surface area contributed by atoms with Gasteiger partial charge in [-0.05, 0) is 38.5 Å². The molecular weight excluding hydrogens is 338 g/mol. The number of rotatable bonds is 9. The smallest absolute Gasteiger partial charge is 0.179 e. The number of halogens is 1. The second kappa shape index (κ2) is 9.66. The van der Waals surface area contributed by atoms with Crippen LogP contribution in [0.25, 0.3) is 0 Å². The van der Waals surface area contributed by atoms with E-state index in [1.165, 1.54) is 0 Å². The first-order valence-electron chi connectivity index (χ1n) is 8.71. The summed E-state index contributed by atoms with van der Waals surface area (Å²) in [7, 11) is 0. The maximum Gasteiger partial charge on any atom is 0.179 e. The van der Waals surface area contributed by atoms with Gasteiger partial charge in [-0.25, -0.2) is 0 Å². The normalized spacial score (nSPS) is 13.3. The van der Waals surface area contributed by atoms with Crippen LogP contribution in [0.4, 0.5) is 0 Å². The Labute approximate surface area is 154 Å². The summed E-state index contributed by atoms with van der Waals surface area (Å²) in [5.41, 5.74) is 1.95. The van der Waals surface area contributed by atoms with E-state index in [0.717, 1.165) is 11.1 Å². The molecule has 0 spiro atoms. The van der Waals surface area contributed by atoms with Crippen LogP contribution in [0.1, 0.15) is 38.0 Å². The fraction of sp³-hybridized carbons (Fsp3) is 0.400. The Morgan fingerprint density at radius 3 is 2.40 bits per heavy atom. The van der Waals surface area contributed by atoms with E-state index in [1.54, 1.807) is 0 Å². The number of benzene rings is 2. The van der Waals surface area contributed by atoms with Gasteiger partial charge < -0.3 is 19.9 Å². The zero-order valence-corrected chi connectivity index (χ0v) is 15.8. The number of hydrogen-bond donors (Lipinski definition) is 2. The molecule has 0 fully saturated rings. The molecule has 5 heteroatoms. The van der Waals surface area contributed by atoms with Crippen molar-refractivity contribution < 1.29 is 19.9 Å². The van der Waals surface area contributed by atoms with Gasteiger partial charge in [-0.15, -0.1) is 0 Å². The first kappa shape index (κ1) is 19.6. The topological polar surface area (TPSA) is 55.3 Å². The molecule has 0 aliphatic carbocycles. The molecule has 0 aliphatic rings. The van der Waals surface area contributed by atoms with Crippen molar-refractivity contribution in [1.29, 1.82) is 0 Å². The van der Waals surface area contributed by atoms with Gasteiger partial charge in [-0.2, -0.15) is 0 Å². The van der Waals surface area contributed by atoms with E-state index in [1.807, 2.05) is 63.2 Å². The van der Waals surface area contributed by atoms with Gasteiger partial charge in [0.25, 0.3) is 0 Å². The number of aliphatic hydroxyl groups is 1. The molecule has 2 rings (SSSR count). The molecule has 0 amide bonds. The predicted octanol–water partition coefficient (Wildman–Crippen LogP) is 3.32. The molecule has 0 aliphatic heterocycles. The van der Waals surface area contributed by atoms with Crippen LogP contribution in [0, 0.1) is 0 Å². The lowest BCUT2D eigenvalue weighted by Gasteiger charge is -2.19. The Bertz CT molecular complexity index is 663. The Balaban J connectivity index is 2.07. The molecule has 4 nitrogen and oxygen atoms in total. The van der Waals surface area contributed by atoms with Crippen LogP contribution in [0.5, 0.6) is 11.5 Å². The zero-order valence-electron chi connectivity index (χ0n) is 15.0. The summed E-state index contributed by atoms with van der Waals surface area (Å²) in [6.07, 6.45) is -0.522. The summed E-state index contributed by atoms with van der Waals surface area (Å²) in [5.74, 6) is 1.25. The third kappa shape index (κ3) is 5.36. The first-order chi connectivity index (χ1) is 12.1. The highest BCUT2D eigenvalue weighted by Gasteiger charge is 2.20. The van der Waals surface area contributed by atoms with Gasteiger partial charge in [0, 0.05) is 5.56 Å². The average molecular weight is 365 g/mol. The number of nitrogens with two attached hydrogens (primary N) is 1. The molecule has 0 bridgehead atoms. The second-order valence-electron chi connectivity index (χ2n) is 5.93. The van der Waals surface area contributed by atoms with Crippen molar-refractivity contribution in [2.75, 3.05) is 13.2 Å². The monoisotopic (exact) mass is 364 g/mol. The van der Waals surface area contributed by atoms with E-state index in [9.17, 15) is 5.11 Å². The summed E-state index contributed by atoms with van der Waals surface area (Å²) >= 11 is 6.35. The molecule has 136 valence electrons. The second-order valence-corrected chi connectivity index (χ2v) is 6.33.